The number of anilines is 2. The number of amides is 3. The van der Waals surface area contributed by atoms with E-state index in [1.165, 1.54) is 53.4 Å². The molecule has 1 aliphatic carbocycles. The van der Waals surface area contributed by atoms with Gasteiger partial charge in [-0.05, 0) is 90.4 Å². The Balaban J connectivity index is 1.23. The van der Waals surface area contributed by atoms with Gasteiger partial charge in [0, 0.05) is 21.0 Å². The maximum absolute atomic E-state index is 14.0. The highest BCUT2D eigenvalue weighted by Gasteiger charge is 2.28. The van der Waals surface area contributed by atoms with Crippen molar-refractivity contribution in [1.29, 1.82) is 5.26 Å². The predicted molar refractivity (Wildman–Crippen MR) is 197 cm³/mol. The molecule has 2 atom stereocenters. The van der Waals surface area contributed by atoms with E-state index in [0.717, 1.165) is 35.3 Å². The molecule has 0 saturated carbocycles. The standard InChI is InChI=1S/C40H33FN4O3S2/c1-25-15-20-32-33(24-42)40(50-35(32)21-25)45-39(48)36(27-9-4-2-5-10-27)49-31-14-8-13-30(23-31)43-38(47)34(22-26-16-18-29(41)19-17-26)44-37(46)28-11-6-3-7-12-28/h2-14,16-19,22-23,25,36H,15,20-21H2,1H3,(H,43,47)(H,44,46)(H,45,48)/b34-22+. The van der Waals surface area contributed by atoms with E-state index in [1.54, 1.807) is 48.5 Å². The maximum atomic E-state index is 14.0. The summed E-state index contributed by atoms with van der Waals surface area (Å²) in [7, 11) is 0. The topological polar surface area (TPSA) is 111 Å². The summed E-state index contributed by atoms with van der Waals surface area (Å²) in [5.41, 5.74) is 3.68. The zero-order valence-corrected chi connectivity index (χ0v) is 28.7. The molecule has 1 aromatic heterocycles. The number of carbonyl (C=O) groups excluding carboxylic acids is 3. The molecule has 0 radical (unpaired) electrons. The fourth-order valence-electron chi connectivity index (χ4n) is 5.69. The number of fused-ring (bicyclic) bond motifs is 1. The van der Waals surface area contributed by atoms with Crippen molar-refractivity contribution in [3.8, 4) is 6.07 Å². The minimum absolute atomic E-state index is 0.0357. The van der Waals surface area contributed by atoms with Crippen molar-refractivity contribution in [2.75, 3.05) is 10.6 Å². The van der Waals surface area contributed by atoms with Crippen molar-refractivity contribution in [3.63, 3.8) is 0 Å². The first-order chi connectivity index (χ1) is 24.3. The van der Waals surface area contributed by atoms with Gasteiger partial charge in [-0.1, -0.05) is 73.7 Å². The van der Waals surface area contributed by atoms with Crippen LogP contribution in [0.5, 0.6) is 0 Å². The van der Waals surface area contributed by atoms with Gasteiger partial charge in [-0.15, -0.1) is 23.1 Å². The SMILES string of the molecule is CC1CCc2c(sc(NC(=O)C(Sc3cccc(NC(=O)/C(=C\c4ccc(F)cc4)NC(=O)c4ccccc4)c3)c3ccccc3)c2C#N)C1. The highest BCUT2D eigenvalue weighted by Crippen LogP contribution is 2.42. The van der Waals surface area contributed by atoms with Crippen molar-refractivity contribution in [2.24, 2.45) is 5.92 Å². The van der Waals surface area contributed by atoms with Crippen molar-refractivity contribution in [3.05, 3.63) is 153 Å². The summed E-state index contributed by atoms with van der Waals surface area (Å²) in [6.45, 7) is 2.20. The third-order valence-electron chi connectivity index (χ3n) is 8.26. The van der Waals surface area contributed by atoms with Crippen LogP contribution >= 0.6 is 23.1 Å². The minimum atomic E-state index is -0.661. The van der Waals surface area contributed by atoms with Gasteiger partial charge >= 0.3 is 0 Å². The highest BCUT2D eigenvalue weighted by molar-refractivity contribution is 8.00. The van der Waals surface area contributed by atoms with Crippen molar-refractivity contribution in [1.82, 2.24) is 5.32 Å². The number of nitrogens with one attached hydrogen (secondary N) is 3. The lowest BCUT2D eigenvalue weighted by atomic mass is 9.88. The molecule has 0 fully saturated rings. The Kier molecular flexibility index (Phi) is 10.9. The zero-order chi connectivity index (χ0) is 35.0. The Morgan fingerprint density at radius 1 is 0.940 bits per heavy atom. The maximum Gasteiger partial charge on any atom is 0.272 e. The number of benzene rings is 4. The molecular formula is C40H33FN4O3S2. The Morgan fingerprint density at radius 3 is 2.38 bits per heavy atom. The van der Waals surface area contributed by atoms with Gasteiger partial charge in [0.1, 0.15) is 27.8 Å². The average molecular weight is 701 g/mol. The quantitative estimate of drug-likeness (QED) is 0.0997. The number of hydrogen-bond acceptors (Lipinski definition) is 6. The molecule has 50 heavy (non-hydrogen) atoms. The summed E-state index contributed by atoms with van der Waals surface area (Å²) in [4.78, 5) is 42.5. The number of rotatable bonds is 10. The molecule has 250 valence electrons. The van der Waals surface area contributed by atoms with Crippen LogP contribution in [0, 0.1) is 23.1 Å². The molecule has 1 aliphatic rings. The lowest BCUT2D eigenvalue weighted by Gasteiger charge is -2.18. The predicted octanol–water partition coefficient (Wildman–Crippen LogP) is 8.77. The second kappa shape index (κ2) is 15.8. The average Bonchev–Trinajstić information content (AvgIpc) is 3.47. The van der Waals surface area contributed by atoms with Gasteiger partial charge in [-0.3, -0.25) is 14.4 Å². The summed E-state index contributed by atoms with van der Waals surface area (Å²) in [5.74, 6) is -1.21. The van der Waals surface area contributed by atoms with Gasteiger partial charge in [-0.2, -0.15) is 5.26 Å². The molecule has 2 unspecified atom stereocenters. The highest BCUT2D eigenvalue weighted by atomic mass is 32.2. The first-order valence-corrected chi connectivity index (χ1v) is 17.8. The molecule has 0 bridgehead atoms. The Labute approximate surface area is 298 Å². The third kappa shape index (κ3) is 8.37. The van der Waals surface area contributed by atoms with E-state index in [2.05, 4.69) is 28.9 Å². The van der Waals surface area contributed by atoms with Crippen LogP contribution in [0.1, 0.15) is 56.1 Å². The number of carbonyl (C=O) groups is 3. The number of hydrogen-bond donors (Lipinski definition) is 3. The van der Waals surface area contributed by atoms with Crippen LogP contribution in [0.25, 0.3) is 6.08 Å². The number of thiophene rings is 1. The Bertz CT molecular complexity index is 2090. The first-order valence-electron chi connectivity index (χ1n) is 16.1. The van der Waals surface area contributed by atoms with Crippen molar-refractivity contribution in [2.45, 2.75) is 36.3 Å². The van der Waals surface area contributed by atoms with E-state index >= 15 is 0 Å². The van der Waals surface area contributed by atoms with Crippen LogP contribution in [-0.2, 0) is 22.4 Å². The molecule has 7 nitrogen and oxygen atoms in total. The smallest absolute Gasteiger partial charge is 0.272 e. The normalized spacial score (nSPS) is 14.5. The van der Waals surface area contributed by atoms with Crippen LogP contribution in [0.4, 0.5) is 15.1 Å². The van der Waals surface area contributed by atoms with Gasteiger partial charge in [0.25, 0.3) is 11.8 Å². The number of nitrogens with zero attached hydrogens (tertiary/aromatic N) is 1. The lowest BCUT2D eigenvalue weighted by molar-refractivity contribution is -0.116. The monoisotopic (exact) mass is 700 g/mol. The first kappa shape index (κ1) is 34.4. The Morgan fingerprint density at radius 2 is 1.66 bits per heavy atom. The molecule has 3 amide bonds. The van der Waals surface area contributed by atoms with Gasteiger partial charge < -0.3 is 16.0 Å². The second-order valence-corrected chi connectivity index (χ2v) is 14.3. The third-order valence-corrected chi connectivity index (χ3v) is 10.7. The molecule has 4 aromatic carbocycles. The lowest BCUT2D eigenvalue weighted by Crippen LogP contribution is -2.30. The Hall–Kier alpha value is -5.50. The molecule has 0 saturated heterocycles. The van der Waals surface area contributed by atoms with Gasteiger partial charge in [-0.25, -0.2) is 4.39 Å². The van der Waals surface area contributed by atoms with Gasteiger partial charge in [0.15, 0.2) is 0 Å². The second-order valence-electron chi connectivity index (χ2n) is 12.0. The molecule has 0 aliphatic heterocycles. The fraction of sp³-hybridized carbons (Fsp3) is 0.150. The zero-order valence-electron chi connectivity index (χ0n) is 27.1. The molecule has 1 heterocycles. The minimum Gasteiger partial charge on any atom is -0.321 e. The van der Waals surface area contributed by atoms with E-state index in [9.17, 15) is 24.0 Å². The van der Waals surface area contributed by atoms with Crippen LogP contribution in [0.15, 0.2) is 120 Å². The summed E-state index contributed by atoms with van der Waals surface area (Å²) in [5, 5.41) is 18.5. The molecule has 10 heteroatoms. The molecular weight excluding hydrogens is 668 g/mol. The summed E-state index contributed by atoms with van der Waals surface area (Å²) in [6.07, 6.45) is 4.22. The van der Waals surface area contributed by atoms with Gasteiger partial charge in [0.05, 0.1) is 5.56 Å². The number of thioether (sulfide) groups is 1. The van der Waals surface area contributed by atoms with Crippen molar-refractivity contribution >= 4 is 57.6 Å². The fourth-order valence-corrected chi connectivity index (χ4v) is 8.13. The van der Waals surface area contributed by atoms with E-state index in [1.807, 2.05) is 36.4 Å². The molecule has 3 N–H and O–H groups in total. The van der Waals surface area contributed by atoms with Gasteiger partial charge in [0.2, 0.25) is 5.91 Å². The van der Waals surface area contributed by atoms with E-state index in [0.29, 0.717) is 38.2 Å². The summed E-state index contributed by atoms with van der Waals surface area (Å²) >= 11 is 2.81. The van der Waals surface area contributed by atoms with Crippen LogP contribution in [0.2, 0.25) is 0 Å². The summed E-state index contributed by atoms with van der Waals surface area (Å²) < 4.78 is 13.6. The van der Waals surface area contributed by atoms with Crippen molar-refractivity contribution < 1.29 is 18.8 Å². The molecule has 5 aromatic rings. The molecule has 6 rings (SSSR count). The van der Waals surface area contributed by atoms with Crippen LogP contribution in [-0.4, -0.2) is 17.7 Å². The number of nitriles is 1. The van der Waals surface area contributed by atoms with Crippen LogP contribution in [0.3, 0.4) is 0 Å². The largest absolute Gasteiger partial charge is 0.321 e. The van der Waals surface area contributed by atoms with E-state index in [4.69, 9.17) is 0 Å². The summed E-state index contributed by atoms with van der Waals surface area (Å²) in [6, 6.07) is 32.9. The van der Waals surface area contributed by atoms with E-state index in [-0.39, 0.29) is 11.6 Å². The van der Waals surface area contributed by atoms with Crippen LogP contribution < -0.4 is 16.0 Å². The number of halogens is 1. The van der Waals surface area contributed by atoms with E-state index < -0.39 is 22.9 Å². The molecule has 0 spiro atoms.